The number of aromatic nitrogens is 1. The van der Waals surface area contributed by atoms with Crippen LogP contribution in [0.3, 0.4) is 0 Å². The molecule has 0 saturated heterocycles. The maximum Gasteiger partial charge on any atom is 0.252 e. The zero-order chi connectivity index (χ0) is 16.9. The van der Waals surface area contributed by atoms with Crippen LogP contribution in [0.25, 0.3) is 0 Å². The van der Waals surface area contributed by atoms with Crippen molar-refractivity contribution < 1.29 is 13.2 Å². The molecule has 8 heteroatoms. The standard InChI is InChI=1S/C15H16BrN3O3S/c1-23(21,22)19(14-6-4-13(16)5-7-14)10-9-18-15(20)12-3-2-8-17-11-12/h2-8,11H,9-10H2,1H3,(H,18,20). The molecule has 0 spiro atoms. The summed E-state index contributed by atoms with van der Waals surface area (Å²) in [5, 5.41) is 2.69. The topological polar surface area (TPSA) is 79.4 Å². The van der Waals surface area contributed by atoms with Gasteiger partial charge in [-0.2, -0.15) is 0 Å². The smallest absolute Gasteiger partial charge is 0.252 e. The fraction of sp³-hybridized carbons (Fsp3) is 0.200. The van der Waals surface area contributed by atoms with Gasteiger partial charge >= 0.3 is 0 Å². The number of carbonyl (C=O) groups is 1. The van der Waals surface area contributed by atoms with Crippen molar-refractivity contribution in [3.05, 3.63) is 58.8 Å². The molecule has 0 aliphatic carbocycles. The monoisotopic (exact) mass is 397 g/mol. The third-order valence-electron chi connectivity index (χ3n) is 3.04. The van der Waals surface area contributed by atoms with Gasteiger partial charge in [-0.05, 0) is 36.4 Å². The number of nitrogens with one attached hydrogen (secondary N) is 1. The highest BCUT2D eigenvalue weighted by atomic mass is 79.9. The van der Waals surface area contributed by atoms with Gasteiger partial charge < -0.3 is 5.32 Å². The SMILES string of the molecule is CS(=O)(=O)N(CCNC(=O)c1cccnc1)c1ccc(Br)cc1. The molecule has 2 rings (SSSR count). The molecule has 0 fully saturated rings. The third-order valence-corrected chi connectivity index (χ3v) is 4.76. The number of rotatable bonds is 6. The van der Waals surface area contributed by atoms with Crippen molar-refractivity contribution in [2.24, 2.45) is 0 Å². The quantitative estimate of drug-likeness (QED) is 0.808. The molecule has 0 aliphatic rings. The van der Waals surface area contributed by atoms with E-state index in [9.17, 15) is 13.2 Å². The Bertz CT molecular complexity index is 764. The van der Waals surface area contributed by atoms with Crippen LogP contribution in [0, 0.1) is 0 Å². The summed E-state index contributed by atoms with van der Waals surface area (Å²) in [5.41, 5.74) is 0.980. The van der Waals surface area contributed by atoms with Gasteiger partial charge in [0.1, 0.15) is 0 Å². The van der Waals surface area contributed by atoms with Crippen LogP contribution in [0.2, 0.25) is 0 Å². The Morgan fingerprint density at radius 2 is 1.96 bits per heavy atom. The maximum absolute atomic E-state index is 12.0. The Morgan fingerprint density at radius 1 is 1.26 bits per heavy atom. The summed E-state index contributed by atoms with van der Waals surface area (Å²) in [5.74, 6) is -0.289. The van der Waals surface area contributed by atoms with Crippen LogP contribution in [0.4, 0.5) is 5.69 Å². The number of amides is 1. The number of halogens is 1. The summed E-state index contributed by atoms with van der Waals surface area (Å²) >= 11 is 3.31. The van der Waals surface area contributed by atoms with Gasteiger partial charge in [0.15, 0.2) is 0 Å². The summed E-state index contributed by atoms with van der Waals surface area (Å²) in [4.78, 5) is 15.8. The van der Waals surface area contributed by atoms with Gasteiger partial charge in [-0.3, -0.25) is 14.1 Å². The van der Waals surface area contributed by atoms with Gasteiger partial charge in [-0.1, -0.05) is 15.9 Å². The second-order valence-electron chi connectivity index (χ2n) is 4.81. The molecule has 0 radical (unpaired) electrons. The molecule has 1 amide bonds. The predicted molar refractivity (Wildman–Crippen MR) is 92.9 cm³/mol. The molecule has 0 saturated carbocycles. The number of sulfonamides is 1. The first kappa shape index (κ1) is 17.4. The predicted octanol–water partition coefficient (Wildman–Crippen LogP) is 2.04. The van der Waals surface area contributed by atoms with E-state index >= 15 is 0 Å². The highest BCUT2D eigenvalue weighted by molar-refractivity contribution is 9.10. The molecule has 0 aliphatic heterocycles. The van der Waals surface area contributed by atoms with Gasteiger partial charge in [-0.15, -0.1) is 0 Å². The van der Waals surface area contributed by atoms with Crippen molar-refractivity contribution in [3.63, 3.8) is 0 Å². The fourth-order valence-electron chi connectivity index (χ4n) is 1.96. The third kappa shape index (κ3) is 5.04. The van der Waals surface area contributed by atoms with E-state index in [0.29, 0.717) is 11.3 Å². The Balaban J connectivity index is 2.02. The van der Waals surface area contributed by atoms with Gasteiger partial charge in [-0.25, -0.2) is 8.42 Å². The minimum absolute atomic E-state index is 0.145. The van der Waals surface area contributed by atoms with E-state index in [1.807, 2.05) is 0 Å². The summed E-state index contributed by atoms with van der Waals surface area (Å²) in [6.45, 7) is 0.337. The second kappa shape index (κ2) is 7.56. The minimum Gasteiger partial charge on any atom is -0.350 e. The normalized spacial score (nSPS) is 11.0. The lowest BCUT2D eigenvalue weighted by Crippen LogP contribution is -2.38. The van der Waals surface area contributed by atoms with Gasteiger partial charge in [0, 0.05) is 23.4 Å². The molecule has 6 nitrogen and oxygen atoms in total. The number of hydrogen-bond donors (Lipinski definition) is 1. The Hall–Kier alpha value is -1.93. The molecule has 1 aromatic heterocycles. The van der Waals surface area contributed by atoms with Crippen molar-refractivity contribution in [3.8, 4) is 0 Å². The molecule has 23 heavy (non-hydrogen) atoms. The van der Waals surface area contributed by atoms with E-state index < -0.39 is 10.0 Å². The first-order valence-corrected chi connectivity index (χ1v) is 9.43. The number of anilines is 1. The van der Waals surface area contributed by atoms with Crippen LogP contribution in [-0.2, 0) is 10.0 Å². The lowest BCUT2D eigenvalue weighted by molar-refractivity contribution is 0.0954. The van der Waals surface area contributed by atoms with Gasteiger partial charge in [0.05, 0.1) is 24.1 Å². The Kier molecular flexibility index (Phi) is 5.73. The zero-order valence-corrected chi connectivity index (χ0v) is 14.8. The van der Waals surface area contributed by atoms with Crippen molar-refractivity contribution >= 4 is 37.5 Å². The van der Waals surface area contributed by atoms with Crippen molar-refractivity contribution in [1.29, 1.82) is 0 Å². The van der Waals surface area contributed by atoms with Crippen LogP contribution in [0.5, 0.6) is 0 Å². The lowest BCUT2D eigenvalue weighted by Gasteiger charge is -2.22. The molecule has 2 aromatic rings. The Labute approximate surface area is 143 Å². The zero-order valence-electron chi connectivity index (χ0n) is 12.4. The highest BCUT2D eigenvalue weighted by Crippen LogP contribution is 2.20. The molecule has 122 valence electrons. The number of benzene rings is 1. The Morgan fingerprint density at radius 3 is 2.52 bits per heavy atom. The molecular formula is C15H16BrN3O3S. The van der Waals surface area contributed by atoms with Crippen LogP contribution in [0.15, 0.2) is 53.3 Å². The van der Waals surface area contributed by atoms with E-state index in [1.165, 1.54) is 10.5 Å². The molecular weight excluding hydrogens is 382 g/mol. The summed E-state index contributed by atoms with van der Waals surface area (Å²) < 4.78 is 26.0. The summed E-state index contributed by atoms with van der Waals surface area (Å²) in [6.07, 6.45) is 4.17. The van der Waals surface area contributed by atoms with Crippen LogP contribution >= 0.6 is 15.9 Å². The van der Waals surface area contributed by atoms with Crippen LogP contribution < -0.4 is 9.62 Å². The van der Waals surface area contributed by atoms with Crippen molar-refractivity contribution in [1.82, 2.24) is 10.3 Å². The van der Waals surface area contributed by atoms with E-state index in [4.69, 9.17) is 0 Å². The van der Waals surface area contributed by atoms with Gasteiger partial charge in [0.25, 0.3) is 5.91 Å². The van der Waals surface area contributed by atoms with E-state index in [1.54, 1.807) is 42.6 Å². The average molecular weight is 398 g/mol. The lowest BCUT2D eigenvalue weighted by atomic mass is 10.3. The van der Waals surface area contributed by atoms with E-state index in [0.717, 1.165) is 10.7 Å². The number of pyridine rings is 1. The molecule has 1 heterocycles. The van der Waals surface area contributed by atoms with Gasteiger partial charge in [0.2, 0.25) is 10.0 Å². The van der Waals surface area contributed by atoms with Crippen LogP contribution in [0.1, 0.15) is 10.4 Å². The van der Waals surface area contributed by atoms with Crippen LogP contribution in [-0.4, -0.2) is 38.7 Å². The number of nitrogens with zero attached hydrogens (tertiary/aromatic N) is 2. The molecule has 1 N–H and O–H groups in total. The molecule has 1 aromatic carbocycles. The largest absolute Gasteiger partial charge is 0.350 e. The number of carbonyl (C=O) groups excluding carboxylic acids is 1. The second-order valence-corrected chi connectivity index (χ2v) is 7.63. The van der Waals surface area contributed by atoms with E-state index in [-0.39, 0.29) is 19.0 Å². The van der Waals surface area contributed by atoms with Crippen molar-refractivity contribution in [2.45, 2.75) is 0 Å². The molecule has 0 unspecified atom stereocenters. The summed E-state index contributed by atoms with van der Waals surface area (Å²) in [6, 6.07) is 10.2. The molecule has 0 bridgehead atoms. The fourth-order valence-corrected chi connectivity index (χ4v) is 3.16. The maximum atomic E-state index is 12.0. The average Bonchev–Trinajstić information content (AvgIpc) is 2.52. The highest BCUT2D eigenvalue weighted by Gasteiger charge is 2.17. The summed E-state index contributed by atoms with van der Waals surface area (Å²) in [7, 11) is -3.44. The van der Waals surface area contributed by atoms with Crippen molar-refractivity contribution in [2.75, 3.05) is 23.7 Å². The first-order chi connectivity index (χ1) is 10.9. The minimum atomic E-state index is -3.44. The number of hydrogen-bond acceptors (Lipinski definition) is 4. The van der Waals surface area contributed by atoms with E-state index in [2.05, 4.69) is 26.2 Å². The molecule has 0 atom stereocenters. The first-order valence-electron chi connectivity index (χ1n) is 6.79.